The van der Waals surface area contributed by atoms with Crippen molar-refractivity contribution in [2.75, 3.05) is 13.2 Å². The molecule has 0 fully saturated rings. The zero-order chi connectivity index (χ0) is 24.6. The summed E-state index contributed by atoms with van der Waals surface area (Å²) in [5, 5.41) is 3.03. The molecule has 35 heavy (non-hydrogen) atoms. The lowest BCUT2D eigenvalue weighted by Crippen LogP contribution is -2.24. The average Bonchev–Trinajstić information content (AvgIpc) is 3.21. The minimum Gasteiger partial charge on any atom is -0.491 e. The Bertz CT molecular complexity index is 1270. The molecule has 0 saturated carbocycles. The van der Waals surface area contributed by atoms with Crippen LogP contribution in [0.15, 0.2) is 66.7 Å². The fourth-order valence-corrected chi connectivity index (χ4v) is 4.27. The number of hydrogen-bond acceptors (Lipinski definition) is 3. The molecule has 4 aromatic rings. The number of carbonyl (C=O) groups excluding carboxylic acids is 1. The van der Waals surface area contributed by atoms with Crippen molar-refractivity contribution in [3.05, 3.63) is 94.8 Å². The van der Waals surface area contributed by atoms with Crippen molar-refractivity contribution in [1.82, 2.24) is 14.9 Å². The van der Waals surface area contributed by atoms with Gasteiger partial charge in [-0.25, -0.2) is 4.98 Å². The molecule has 0 aliphatic heterocycles. The van der Waals surface area contributed by atoms with E-state index < -0.39 is 0 Å². The maximum atomic E-state index is 12.3. The standard InChI is InChI=1S/C30H35N3O2/c1-22-13-16-25(17-14-22)30(34)31-18-8-4-5-11-29-32-26-9-6-7-10-27(26)33(29)19-20-35-28-21-23(2)12-15-24(28)3/h6-7,9-10,12-17,21H,4-5,8,11,18-20H2,1-3H3,(H,31,34). The van der Waals surface area contributed by atoms with Gasteiger partial charge in [0.2, 0.25) is 0 Å². The molecule has 0 bridgehead atoms. The van der Waals surface area contributed by atoms with E-state index in [0.29, 0.717) is 18.7 Å². The van der Waals surface area contributed by atoms with Gasteiger partial charge in [0.1, 0.15) is 18.2 Å². The van der Waals surface area contributed by atoms with E-state index in [0.717, 1.165) is 66.0 Å². The summed E-state index contributed by atoms with van der Waals surface area (Å²) in [7, 11) is 0. The SMILES string of the molecule is Cc1ccc(C(=O)NCCCCCc2nc3ccccc3n2CCOc2cc(C)ccc2C)cc1. The zero-order valence-electron chi connectivity index (χ0n) is 21.0. The van der Waals surface area contributed by atoms with Gasteiger partial charge in [0.05, 0.1) is 17.6 Å². The number of rotatable bonds is 11. The molecule has 0 atom stereocenters. The lowest BCUT2D eigenvalue weighted by Gasteiger charge is -2.13. The van der Waals surface area contributed by atoms with E-state index in [9.17, 15) is 4.79 Å². The first-order valence-corrected chi connectivity index (χ1v) is 12.5. The van der Waals surface area contributed by atoms with E-state index in [4.69, 9.17) is 9.72 Å². The molecule has 1 aromatic heterocycles. The number of ether oxygens (including phenoxy) is 1. The number of imidazole rings is 1. The van der Waals surface area contributed by atoms with Crippen LogP contribution < -0.4 is 10.1 Å². The van der Waals surface area contributed by atoms with Crippen molar-refractivity contribution >= 4 is 16.9 Å². The maximum Gasteiger partial charge on any atom is 0.251 e. The predicted octanol–water partition coefficient (Wildman–Crippen LogP) is 6.18. The fraction of sp³-hybridized carbons (Fsp3) is 0.333. The molecule has 182 valence electrons. The summed E-state index contributed by atoms with van der Waals surface area (Å²) in [6.45, 7) is 8.23. The number of unbranched alkanes of at least 4 members (excludes halogenated alkanes) is 2. The van der Waals surface area contributed by atoms with Gasteiger partial charge in [-0.3, -0.25) is 4.79 Å². The molecule has 0 spiro atoms. The Balaban J connectivity index is 1.28. The number of hydrogen-bond donors (Lipinski definition) is 1. The number of para-hydroxylation sites is 2. The fourth-order valence-electron chi connectivity index (χ4n) is 4.27. The Kier molecular flexibility index (Phi) is 8.19. The van der Waals surface area contributed by atoms with Crippen LogP contribution in [-0.4, -0.2) is 28.6 Å². The lowest BCUT2D eigenvalue weighted by atomic mass is 10.1. The quantitative estimate of drug-likeness (QED) is 0.267. The summed E-state index contributed by atoms with van der Waals surface area (Å²) in [4.78, 5) is 17.2. The van der Waals surface area contributed by atoms with E-state index in [1.54, 1.807) is 0 Å². The van der Waals surface area contributed by atoms with E-state index in [-0.39, 0.29) is 5.91 Å². The number of amides is 1. The van der Waals surface area contributed by atoms with E-state index in [1.807, 2.05) is 37.3 Å². The normalized spacial score (nSPS) is 11.1. The number of aromatic nitrogens is 2. The zero-order valence-corrected chi connectivity index (χ0v) is 21.0. The van der Waals surface area contributed by atoms with Crippen LogP contribution >= 0.6 is 0 Å². The van der Waals surface area contributed by atoms with Crippen LogP contribution in [0.25, 0.3) is 11.0 Å². The lowest BCUT2D eigenvalue weighted by molar-refractivity contribution is 0.0953. The summed E-state index contributed by atoms with van der Waals surface area (Å²) in [5.41, 5.74) is 6.41. The van der Waals surface area contributed by atoms with Gasteiger partial charge in [-0.2, -0.15) is 0 Å². The Labute approximate surface area is 208 Å². The highest BCUT2D eigenvalue weighted by molar-refractivity contribution is 5.94. The maximum absolute atomic E-state index is 12.3. The number of nitrogens with one attached hydrogen (secondary N) is 1. The predicted molar refractivity (Wildman–Crippen MR) is 142 cm³/mol. The number of aryl methyl sites for hydroxylation is 4. The molecular formula is C30H35N3O2. The first-order chi connectivity index (χ1) is 17.0. The number of fused-ring (bicyclic) bond motifs is 1. The smallest absolute Gasteiger partial charge is 0.251 e. The van der Waals surface area contributed by atoms with Crippen molar-refractivity contribution in [2.45, 2.75) is 53.0 Å². The van der Waals surface area contributed by atoms with Gasteiger partial charge < -0.3 is 14.6 Å². The highest BCUT2D eigenvalue weighted by Gasteiger charge is 2.11. The van der Waals surface area contributed by atoms with Crippen LogP contribution in [0.5, 0.6) is 5.75 Å². The van der Waals surface area contributed by atoms with Crippen LogP contribution in [0.3, 0.4) is 0 Å². The molecule has 0 saturated heterocycles. The first-order valence-electron chi connectivity index (χ1n) is 12.5. The van der Waals surface area contributed by atoms with Gasteiger partial charge in [0, 0.05) is 18.5 Å². The minimum absolute atomic E-state index is 0.00404. The highest BCUT2D eigenvalue weighted by Crippen LogP contribution is 2.21. The molecule has 5 heteroatoms. The van der Waals surface area contributed by atoms with Crippen LogP contribution in [0, 0.1) is 20.8 Å². The molecule has 5 nitrogen and oxygen atoms in total. The van der Waals surface area contributed by atoms with E-state index in [1.165, 1.54) is 5.56 Å². The Morgan fingerprint density at radius 3 is 2.51 bits per heavy atom. The van der Waals surface area contributed by atoms with Crippen molar-refractivity contribution < 1.29 is 9.53 Å². The van der Waals surface area contributed by atoms with Crippen LogP contribution in [0.4, 0.5) is 0 Å². The number of nitrogens with zero attached hydrogens (tertiary/aromatic N) is 2. The second-order valence-corrected chi connectivity index (χ2v) is 9.22. The topological polar surface area (TPSA) is 56.2 Å². The third kappa shape index (κ3) is 6.50. The third-order valence-corrected chi connectivity index (χ3v) is 6.33. The molecule has 0 aliphatic carbocycles. The van der Waals surface area contributed by atoms with Crippen LogP contribution in [-0.2, 0) is 13.0 Å². The molecule has 0 unspecified atom stereocenters. The molecule has 1 heterocycles. The Morgan fingerprint density at radius 1 is 0.914 bits per heavy atom. The molecule has 4 rings (SSSR count). The van der Waals surface area contributed by atoms with Gasteiger partial charge in [0.15, 0.2) is 0 Å². The summed E-state index contributed by atoms with van der Waals surface area (Å²) in [5.74, 6) is 2.04. The van der Waals surface area contributed by atoms with Gasteiger partial charge in [-0.05, 0) is 75.1 Å². The van der Waals surface area contributed by atoms with Crippen LogP contribution in [0.1, 0.15) is 52.1 Å². The van der Waals surface area contributed by atoms with Gasteiger partial charge >= 0.3 is 0 Å². The molecule has 0 aliphatic rings. The van der Waals surface area contributed by atoms with Gasteiger partial charge in [-0.15, -0.1) is 0 Å². The summed E-state index contributed by atoms with van der Waals surface area (Å²) in [6, 6.07) is 22.3. The summed E-state index contributed by atoms with van der Waals surface area (Å²) in [6.07, 6.45) is 3.93. The first kappa shape index (κ1) is 24.5. The average molecular weight is 470 g/mol. The van der Waals surface area contributed by atoms with Gasteiger partial charge in [-0.1, -0.05) is 48.4 Å². The third-order valence-electron chi connectivity index (χ3n) is 6.33. The van der Waals surface area contributed by atoms with Gasteiger partial charge in [0.25, 0.3) is 5.91 Å². The summed E-state index contributed by atoms with van der Waals surface area (Å²) < 4.78 is 8.42. The number of benzene rings is 3. The second-order valence-electron chi connectivity index (χ2n) is 9.22. The minimum atomic E-state index is -0.00404. The summed E-state index contributed by atoms with van der Waals surface area (Å²) >= 11 is 0. The Hall–Kier alpha value is -3.60. The van der Waals surface area contributed by atoms with Crippen molar-refractivity contribution in [2.24, 2.45) is 0 Å². The molecular weight excluding hydrogens is 434 g/mol. The second kappa shape index (κ2) is 11.7. The Morgan fingerprint density at radius 2 is 1.69 bits per heavy atom. The molecule has 1 amide bonds. The molecule has 1 N–H and O–H groups in total. The van der Waals surface area contributed by atoms with Crippen molar-refractivity contribution in [1.29, 1.82) is 0 Å². The van der Waals surface area contributed by atoms with Crippen molar-refractivity contribution in [3.63, 3.8) is 0 Å². The van der Waals surface area contributed by atoms with E-state index >= 15 is 0 Å². The highest BCUT2D eigenvalue weighted by atomic mass is 16.5. The monoisotopic (exact) mass is 469 g/mol. The molecule has 3 aromatic carbocycles. The van der Waals surface area contributed by atoms with Crippen LogP contribution in [0.2, 0.25) is 0 Å². The largest absolute Gasteiger partial charge is 0.491 e. The van der Waals surface area contributed by atoms with E-state index in [2.05, 4.69) is 60.1 Å². The van der Waals surface area contributed by atoms with Crippen molar-refractivity contribution in [3.8, 4) is 5.75 Å². The number of carbonyl (C=O) groups is 1. The molecule has 0 radical (unpaired) electrons.